The Labute approximate surface area is 126 Å². The van der Waals surface area contributed by atoms with Gasteiger partial charge in [-0.2, -0.15) is 4.31 Å². The van der Waals surface area contributed by atoms with Crippen molar-refractivity contribution in [2.24, 2.45) is 0 Å². The van der Waals surface area contributed by atoms with Crippen LogP contribution in [0.1, 0.15) is 44.1 Å². The molecule has 0 unspecified atom stereocenters. The van der Waals surface area contributed by atoms with Crippen molar-refractivity contribution < 1.29 is 13.2 Å². The Bertz CT molecular complexity index is 645. The van der Waals surface area contributed by atoms with Crippen molar-refractivity contribution in [1.82, 2.24) is 4.31 Å². The molecule has 0 atom stereocenters. The predicted molar refractivity (Wildman–Crippen MR) is 79.9 cm³/mol. The van der Waals surface area contributed by atoms with Gasteiger partial charge in [0.05, 0.1) is 11.5 Å². The fraction of sp³-hybridized carbons (Fsp3) is 0.625. The van der Waals surface area contributed by atoms with Gasteiger partial charge in [0.25, 0.3) is 0 Å². The van der Waals surface area contributed by atoms with Gasteiger partial charge in [-0.3, -0.25) is 0 Å². The molecule has 1 heterocycles. The van der Waals surface area contributed by atoms with Gasteiger partial charge in [-0.05, 0) is 49.4 Å². The highest BCUT2D eigenvalue weighted by Gasteiger charge is 2.43. The first-order chi connectivity index (χ1) is 10.2. The van der Waals surface area contributed by atoms with Gasteiger partial charge >= 0.3 is 0 Å². The van der Waals surface area contributed by atoms with Crippen LogP contribution in [0.3, 0.4) is 0 Å². The smallest absolute Gasteiger partial charge is 0.243 e. The summed E-state index contributed by atoms with van der Waals surface area (Å²) in [6.07, 6.45) is 7.19. The van der Waals surface area contributed by atoms with Crippen LogP contribution in [0, 0.1) is 0 Å². The molecule has 2 aliphatic carbocycles. The first-order valence-electron chi connectivity index (χ1n) is 7.95. The van der Waals surface area contributed by atoms with Crippen molar-refractivity contribution in [2.75, 3.05) is 6.61 Å². The monoisotopic (exact) mass is 307 g/mol. The van der Waals surface area contributed by atoms with Crippen molar-refractivity contribution in [1.29, 1.82) is 0 Å². The molecule has 1 aromatic rings. The highest BCUT2D eigenvalue weighted by Crippen LogP contribution is 2.39. The molecule has 0 saturated heterocycles. The number of benzene rings is 1. The van der Waals surface area contributed by atoms with Crippen LogP contribution in [0.25, 0.3) is 0 Å². The molecule has 1 aliphatic heterocycles. The van der Waals surface area contributed by atoms with Crippen LogP contribution in [0.2, 0.25) is 0 Å². The predicted octanol–water partition coefficient (Wildman–Crippen LogP) is 2.72. The molecule has 0 bridgehead atoms. The molecule has 4 nitrogen and oxygen atoms in total. The van der Waals surface area contributed by atoms with Crippen LogP contribution < -0.4 is 4.74 Å². The fourth-order valence-corrected chi connectivity index (χ4v) is 5.60. The summed E-state index contributed by atoms with van der Waals surface area (Å²) in [7, 11) is -3.37. The lowest BCUT2D eigenvalue weighted by Crippen LogP contribution is -2.40. The lowest BCUT2D eigenvalue weighted by molar-refractivity contribution is 0.314. The lowest BCUT2D eigenvalue weighted by atomic mass is 10.2. The zero-order valence-electron chi connectivity index (χ0n) is 12.1. The van der Waals surface area contributed by atoms with E-state index in [0.29, 0.717) is 11.5 Å². The number of ether oxygens (including phenoxy) is 1. The van der Waals surface area contributed by atoms with Gasteiger partial charge < -0.3 is 4.74 Å². The number of rotatable bonds is 4. The maximum atomic E-state index is 13.1. The van der Waals surface area contributed by atoms with Crippen molar-refractivity contribution in [3.8, 4) is 5.75 Å². The van der Waals surface area contributed by atoms with Crippen molar-refractivity contribution in [2.45, 2.75) is 61.9 Å². The second-order valence-electron chi connectivity index (χ2n) is 6.37. The van der Waals surface area contributed by atoms with Crippen LogP contribution in [-0.2, 0) is 16.4 Å². The molecule has 2 saturated carbocycles. The van der Waals surface area contributed by atoms with Gasteiger partial charge in [-0.25, -0.2) is 8.42 Å². The number of hydrogen-bond acceptors (Lipinski definition) is 3. The van der Waals surface area contributed by atoms with Gasteiger partial charge in [0.2, 0.25) is 10.0 Å². The number of hydrogen-bond donors (Lipinski definition) is 0. The summed E-state index contributed by atoms with van der Waals surface area (Å²) in [6.45, 7) is 0.661. The van der Waals surface area contributed by atoms with E-state index in [1.807, 2.05) is 16.4 Å². The van der Waals surface area contributed by atoms with E-state index in [-0.39, 0.29) is 12.1 Å². The molecular formula is C16H21NO3S. The Kier molecular flexibility index (Phi) is 3.23. The topological polar surface area (TPSA) is 46.6 Å². The molecule has 0 spiro atoms. The third-order valence-electron chi connectivity index (χ3n) is 4.83. The number of sulfonamides is 1. The summed E-state index contributed by atoms with van der Waals surface area (Å²) in [5.41, 5.74) is 1.03. The largest absolute Gasteiger partial charge is 0.493 e. The quantitative estimate of drug-likeness (QED) is 0.859. The summed E-state index contributed by atoms with van der Waals surface area (Å²) in [6, 6.07) is 5.80. The SMILES string of the molecule is O=S(=O)(c1ccc2c(c1)CCO2)N(C1CCCC1)C1CC1. The third-order valence-corrected chi connectivity index (χ3v) is 6.83. The molecule has 0 N–H and O–H groups in total. The maximum absolute atomic E-state index is 13.1. The summed E-state index contributed by atoms with van der Waals surface area (Å²) >= 11 is 0. The van der Waals surface area contributed by atoms with Crippen molar-refractivity contribution in [3.63, 3.8) is 0 Å². The third kappa shape index (κ3) is 2.36. The fourth-order valence-electron chi connectivity index (χ4n) is 3.62. The zero-order chi connectivity index (χ0) is 14.4. The van der Waals surface area contributed by atoms with Crippen LogP contribution in [0.4, 0.5) is 0 Å². The Hall–Kier alpha value is -1.07. The average Bonchev–Trinajstić information content (AvgIpc) is 2.97. The van der Waals surface area contributed by atoms with Crippen LogP contribution in [0.5, 0.6) is 5.75 Å². The molecule has 114 valence electrons. The van der Waals surface area contributed by atoms with E-state index in [1.54, 1.807) is 6.07 Å². The molecule has 0 radical (unpaired) electrons. The Morgan fingerprint density at radius 3 is 2.48 bits per heavy atom. The second kappa shape index (κ2) is 4.99. The Balaban J connectivity index is 1.70. The number of fused-ring (bicyclic) bond motifs is 1. The molecule has 4 rings (SSSR count). The van der Waals surface area contributed by atoms with Gasteiger partial charge in [-0.15, -0.1) is 0 Å². The molecule has 0 amide bonds. The molecule has 2 fully saturated rings. The molecule has 0 aromatic heterocycles. The lowest BCUT2D eigenvalue weighted by Gasteiger charge is -2.28. The molecule has 5 heteroatoms. The normalized spacial score (nSPS) is 22.5. The van der Waals surface area contributed by atoms with E-state index in [0.717, 1.165) is 56.3 Å². The van der Waals surface area contributed by atoms with E-state index in [9.17, 15) is 8.42 Å². The van der Waals surface area contributed by atoms with Gasteiger partial charge in [0.15, 0.2) is 0 Å². The van der Waals surface area contributed by atoms with Gasteiger partial charge in [0, 0.05) is 18.5 Å². The van der Waals surface area contributed by atoms with Gasteiger partial charge in [-0.1, -0.05) is 12.8 Å². The Morgan fingerprint density at radius 2 is 1.76 bits per heavy atom. The highest BCUT2D eigenvalue weighted by molar-refractivity contribution is 7.89. The number of nitrogens with zero attached hydrogens (tertiary/aromatic N) is 1. The minimum absolute atomic E-state index is 0.215. The van der Waals surface area contributed by atoms with Crippen LogP contribution >= 0.6 is 0 Å². The average molecular weight is 307 g/mol. The summed E-state index contributed by atoms with van der Waals surface area (Å²) in [4.78, 5) is 0.450. The first kappa shape index (κ1) is 13.6. The van der Waals surface area contributed by atoms with Crippen LogP contribution in [-0.4, -0.2) is 31.4 Å². The minimum atomic E-state index is -3.37. The van der Waals surface area contributed by atoms with E-state index >= 15 is 0 Å². The first-order valence-corrected chi connectivity index (χ1v) is 9.39. The van der Waals surface area contributed by atoms with E-state index < -0.39 is 10.0 Å². The summed E-state index contributed by atoms with van der Waals surface area (Å²) < 4.78 is 33.5. The van der Waals surface area contributed by atoms with Crippen molar-refractivity contribution >= 4 is 10.0 Å². The molecule has 3 aliphatic rings. The second-order valence-corrected chi connectivity index (χ2v) is 8.22. The van der Waals surface area contributed by atoms with Gasteiger partial charge in [0.1, 0.15) is 5.75 Å². The van der Waals surface area contributed by atoms with Crippen LogP contribution in [0.15, 0.2) is 23.1 Å². The van der Waals surface area contributed by atoms with E-state index in [4.69, 9.17) is 4.74 Å². The van der Waals surface area contributed by atoms with E-state index in [2.05, 4.69) is 0 Å². The maximum Gasteiger partial charge on any atom is 0.243 e. The molecule has 1 aromatic carbocycles. The van der Waals surface area contributed by atoms with Crippen molar-refractivity contribution in [3.05, 3.63) is 23.8 Å². The molecule has 21 heavy (non-hydrogen) atoms. The van der Waals surface area contributed by atoms with E-state index in [1.165, 1.54) is 0 Å². The minimum Gasteiger partial charge on any atom is -0.493 e. The molecular weight excluding hydrogens is 286 g/mol. The standard InChI is InChI=1S/C16H21NO3S/c18-21(19,15-7-8-16-12(11-15)9-10-20-16)17(14-5-6-14)13-3-1-2-4-13/h7-8,11,13-14H,1-6,9-10H2. The summed E-state index contributed by atoms with van der Waals surface area (Å²) in [5.74, 6) is 0.841. The highest BCUT2D eigenvalue weighted by atomic mass is 32.2. The summed E-state index contributed by atoms with van der Waals surface area (Å²) in [5, 5.41) is 0. The Morgan fingerprint density at radius 1 is 1.05 bits per heavy atom. The zero-order valence-corrected chi connectivity index (χ0v) is 12.9.